The first-order valence-electron chi connectivity index (χ1n) is 12.4. The molecule has 0 saturated heterocycles. The van der Waals surface area contributed by atoms with Crippen molar-refractivity contribution in [3.8, 4) is 0 Å². The summed E-state index contributed by atoms with van der Waals surface area (Å²) < 4.78 is 362. The van der Waals surface area contributed by atoms with Crippen LogP contribution in [0.1, 0.15) is 17.5 Å². The van der Waals surface area contributed by atoms with Gasteiger partial charge in [-0.25, -0.2) is 5.48 Å². The van der Waals surface area contributed by atoms with Crippen molar-refractivity contribution in [2.75, 3.05) is 6.54 Å². The number of carbonyl (C=O) groups is 1. The number of amides is 1. The van der Waals surface area contributed by atoms with Crippen LogP contribution in [-0.2, 0) is 21.4 Å². The SMILES string of the molecule is NCCC(=O)NOB(O)c1cccc(C(F)(F)C(F)(F)C(F)(F)C(F)(F)C(F)(F)C(F)(F)F)c1C(F)(F)C(F)(F)C(F)(F)C(F)(F)C(F)(F)C(F)(F)F. The standard InChI is InChI=1S/C21H11BF26N2O3/c23-10(24,12(27,28)14(31,32)16(35,36)18(39,40)20(43,44)45)6-2-1-3-7(22(52)53-50-8(51)4-5-49)9(6)11(25,26)13(29,30)15(33,34)17(37,38)19(41,42)21(46,47)48/h1-3,52H,4-5,49H2,(H,50,51). The molecule has 0 bridgehead atoms. The molecule has 32 heteroatoms. The molecule has 0 radical (unpaired) electrons. The van der Waals surface area contributed by atoms with Crippen molar-refractivity contribution < 1.29 is 129 Å². The largest absolute Gasteiger partial charge is 0.514 e. The lowest BCUT2D eigenvalue weighted by molar-refractivity contribution is -0.444. The number of nitrogens with two attached hydrogens (primary N) is 1. The fourth-order valence-corrected chi connectivity index (χ4v) is 3.62. The first-order chi connectivity index (χ1) is 23.0. The highest BCUT2D eigenvalue weighted by Crippen LogP contribution is 2.65. The highest BCUT2D eigenvalue weighted by Gasteiger charge is 2.93. The Balaban J connectivity index is 4.45. The van der Waals surface area contributed by atoms with Crippen molar-refractivity contribution >= 4 is 18.5 Å². The average Bonchev–Trinajstić information content (AvgIpc) is 2.97. The van der Waals surface area contributed by atoms with Crippen molar-refractivity contribution in [2.45, 2.75) is 78.0 Å². The van der Waals surface area contributed by atoms with Crippen LogP contribution in [0.25, 0.3) is 0 Å². The molecular weight excluding hydrogens is 833 g/mol. The van der Waals surface area contributed by atoms with Gasteiger partial charge in [0.25, 0.3) is 0 Å². The van der Waals surface area contributed by atoms with Gasteiger partial charge in [-0.3, -0.25) is 9.55 Å². The second-order valence-corrected chi connectivity index (χ2v) is 10.0. The van der Waals surface area contributed by atoms with Crippen molar-refractivity contribution in [1.82, 2.24) is 5.48 Å². The molecule has 53 heavy (non-hydrogen) atoms. The number of halogens is 26. The van der Waals surface area contributed by atoms with E-state index in [0.717, 1.165) is 5.48 Å². The first-order valence-corrected chi connectivity index (χ1v) is 12.4. The Hall–Kier alpha value is -3.19. The molecule has 0 spiro atoms. The maximum atomic E-state index is 15.3. The summed E-state index contributed by atoms with van der Waals surface area (Å²) in [4.78, 5) is 11.4. The summed E-state index contributed by atoms with van der Waals surface area (Å²) >= 11 is 0. The van der Waals surface area contributed by atoms with Crippen LogP contribution in [0.4, 0.5) is 114 Å². The number of nitrogens with one attached hydrogen (secondary N) is 1. The van der Waals surface area contributed by atoms with Crippen LogP contribution in [0.3, 0.4) is 0 Å². The minimum absolute atomic E-state index is 0.703. The molecule has 4 N–H and O–H groups in total. The van der Waals surface area contributed by atoms with Crippen LogP contribution in [0.2, 0.25) is 0 Å². The Kier molecular flexibility index (Phi) is 12.2. The molecule has 308 valence electrons. The topological polar surface area (TPSA) is 84.6 Å². The van der Waals surface area contributed by atoms with Crippen molar-refractivity contribution in [3.63, 3.8) is 0 Å². The quantitative estimate of drug-likeness (QED) is 0.0995. The van der Waals surface area contributed by atoms with Gasteiger partial charge in [0.05, 0.1) is 0 Å². The van der Waals surface area contributed by atoms with E-state index < -0.39 is 132 Å². The van der Waals surface area contributed by atoms with Gasteiger partial charge in [0, 0.05) is 24.1 Å². The van der Waals surface area contributed by atoms with E-state index in [4.69, 9.17) is 5.73 Å². The molecule has 0 aliphatic rings. The van der Waals surface area contributed by atoms with Gasteiger partial charge < -0.3 is 10.8 Å². The third kappa shape index (κ3) is 6.87. The summed E-state index contributed by atoms with van der Waals surface area (Å²) in [6.07, 6.45) is -17.2. The maximum absolute atomic E-state index is 15.3. The molecule has 1 rings (SSSR count). The molecule has 5 nitrogen and oxygen atoms in total. The molecule has 1 aromatic rings. The van der Waals surface area contributed by atoms with E-state index in [1.54, 1.807) is 0 Å². The van der Waals surface area contributed by atoms with Gasteiger partial charge in [0.2, 0.25) is 5.91 Å². The third-order valence-electron chi connectivity index (χ3n) is 6.54. The van der Waals surface area contributed by atoms with Crippen LogP contribution >= 0.6 is 0 Å². The van der Waals surface area contributed by atoms with E-state index in [9.17, 15) is 106 Å². The molecule has 0 saturated carbocycles. The third-order valence-corrected chi connectivity index (χ3v) is 6.54. The zero-order valence-electron chi connectivity index (χ0n) is 23.9. The summed E-state index contributed by atoms with van der Waals surface area (Å²) in [6, 6.07) is -2.99. The Morgan fingerprint density at radius 2 is 0.906 bits per heavy atom. The lowest BCUT2D eigenvalue weighted by Gasteiger charge is -2.42. The minimum Gasteiger partial charge on any atom is -0.422 e. The van der Waals surface area contributed by atoms with Gasteiger partial charge in [-0.15, -0.1) is 0 Å². The number of rotatable bonds is 15. The number of carbonyl (C=O) groups excluding carboxylic acids is 1. The van der Waals surface area contributed by atoms with Gasteiger partial charge in [-0.1, -0.05) is 18.2 Å². The number of benzene rings is 1. The van der Waals surface area contributed by atoms with E-state index in [1.165, 1.54) is 0 Å². The average molecular weight is 844 g/mol. The van der Waals surface area contributed by atoms with E-state index >= 15 is 17.6 Å². The smallest absolute Gasteiger partial charge is 0.422 e. The van der Waals surface area contributed by atoms with Gasteiger partial charge >= 0.3 is 78.7 Å². The Morgan fingerprint density at radius 3 is 1.25 bits per heavy atom. The predicted molar refractivity (Wildman–Crippen MR) is 116 cm³/mol. The van der Waals surface area contributed by atoms with Crippen LogP contribution < -0.4 is 16.7 Å². The van der Waals surface area contributed by atoms with Gasteiger partial charge in [0.15, 0.2) is 0 Å². The molecule has 0 aliphatic carbocycles. The first kappa shape index (κ1) is 47.8. The number of hydrogen-bond donors (Lipinski definition) is 3. The zero-order chi connectivity index (χ0) is 42.8. The highest BCUT2D eigenvalue weighted by atomic mass is 19.4. The van der Waals surface area contributed by atoms with Crippen LogP contribution in [0.15, 0.2) is 18.2 Å². The second-order valence-electron chi connectivity index (χ2n) is 10.0. The monoisotopic (exact) mass is 844 g/mol. The van der Waals surface area contributed by atoms with Crippen LogP contribution in [0, 0.1) is 0 Å². The number of hydrogen-bond acceptors (Lipinski definition) is 4. The van der Waals surface area contributed by atoms with Gasteiger partial charge in [-0.2, -0.15) is 114 Å². The molecule has 0 aromatic heterocycles. The minimum atomic E-state index is -9.03. The highest BCUT2D eigenvalue weighted by molar-refractivity contribution is 6.60. The van der Waals surface area contributed by atoms with Crippen LogP contribution in [-0.4, -0.2) is 84.3 Å². The molecule has 0 aliphatic heterocycles. The maximum Gasteiger partial charge on any atom is 0.514 e. The van der Waals surface area contributed by atoms with Crippen LogP contribution in [0.5, 0.6) is 0 Å². The van der Waals surface area contributed by atoms with Crippen molar-refractivity contribution in [2.24, 2.45) is 5.73 Å². The van der Waals surface area contributed by atoms with E-state index in [2.05, 4.69) is 4.76 Å². The Morgan fingerprint density at radius 1 is 0.566 bits per heavy atom. The molecule has 0 fully saturated rings. The van der Waals surface area contributed by atoms with E-state index in [0.29, 0.717) is 0 Å². The fraction of sp³-hybridized carbons (Fsp3) is 0.667. The summed E-state index contributed by atoms with van der Waals surface area (Å²) in [7, 11) is -4.14. The zero-order valence-corrected chi connectivity index (χ0v) is 23.9. The van der Waals surface area contributed by atoms with Gasteiger partial charge in [0.1, 0.15) is 0 Å². The molecule has 0 unspecified atom stereocenters. The number of hydroxylamine groups is 1. The van der Waals surface area contributed by atoms with Gasteiger partial charge in [-0.05, 0) is 5.46 Å². The van der Waals surface area contributed by atoms with E-state index in [-0.39, 0.29) is 0 Å². The molecule has 1 aromatic carbocycles. The molecule has 0 atom stereocenters. The lowest BCUT2D eigenvalue weighted by atomic mass is 9.70. The number of alkyl halides is 26. The normalized spacial score (nSPS) is 15.5. The summed E-state index contributed by atoms with van der Waals surface area (Å²) in [6.45, 7) is -0.754. The van der Waals surface area contributed by atoms with Crippen molar-refractivity contribution in [1.29, 1.82) is 0 Å². The molecule has 0 heterocycles. The summed E-state index contributed by atoms with van der Waals surface area (Å²) in [5.41, 5.74) is -6.48. The predicted octanol–water partition coefficient (Wildman–Crippen LogP) is 7.16. The molecular formula is C21H11BF26N2O3. The second kappa shape index (κ2) is 13.5. The molecule has 1 amide bonds. The van der Waals surface area contributed by atoms with E-state index in [1.807, 2.05) is 0 Å². The lowest BCUT2D eigenvalue weighted by Crippen LogP contribution is -2.70. The fourth-order valence-electron chi connectivity index (χ4n) is 3.62. The summed E-state index contributed by atoms with van der Waals surface area (Å²) in [5, 5.41) is 9.85. The Bertz CT molecular complexity index is 1490. The summed E-state index contributed by atoms with van der Waals surface area (Å²) in [5.74, 6) is -88.9. The Labute approximate surface area is 273 Å². The van der Waals surface area contributed by atoms with Crippen molar-refractivity contribution in [3.05, 3.63) is 29.3 Å².